The Balaban J connectivity index is 2.49. The van der Waals surface area contributed by atoms with Crippen LogP contribution in [0.2, 0.25) is 0 Å². The molecule has 0 aliphatic rings. The van der Waals surface area contributed by atoms with Crippen molar-refractivity contribution in [1.82, 2.24) is 10.1 Å². The van der Waals surface area contributed by atoms with Crippen molar-refractivity contribution in [2.45, 2.75) is 0 Å². The summed E-state index contributed by atoms with van der Waals surface area (Å²) in [6, 6.07) is 3.31. The molecule has 2 rings (SSSR count). The molecule has 88 valence electrons. The number of ether oxygens (including phenoxy) is 1. The number of rotatable bonds is 3. The molecule has 0 saturated carbocycles. The summed E-state index contributed by atoms with van der Waals surface area (Å²) in [7, 11) is 1.50. The molecule has 2 aromatic rings. The average Bonchev–Trinajstić information content (AvgIpc) is 2.71. The minimum absolute atomic E-state index is 0.0527. The van der Waals surface area contributed by atoms with Gasteiger partial charge in [0.05, 0.1) is 7.11 Å². The number of nitrogens with two attached hydrogens (primary N) is 2. The van der Waals surface area contributed by atoms with Crippen molar-refractivity contribution < 1.29 is 14.1 Å². The summed E-state index contributed by atoms with van der Waals surface area (Å²) in [6.45, 7) is 0. The quantitative estimate of drug-likeness (QED) is 0.794. The maximum atomic E-state index is 11.2. The predicted molar refractivity (Wildman–Crippen MR) is 59.2 cm³/mol. The third kappa shape index (κ3) is 1.89. The molecule has 0 radical (unpaired) electrons. The summed E-state index contributed by atoms with van der Waals surface area (Å²) in [5.74, 6) is -0.358. The number of nitrogens with zero attached hydrogens (tertiary/aromatic N) is 2. The molecule has 2 heterocycles. The molecular weight excluding hydrogens is 224 g/mol. The van der Waals surface area contributed by atoms with Crippen molar-refractivity contribution >= 4 is 11.8 Å². The molecule has 0 fully saturated rings. The standard InChI is InChI=1S/C10H10N4O3/c1-16-6-3-2-5(4-13-6)8-7(9(11)15)10(12)17-14-8/h2-4H,12H2,1H3,(H2,11,15). The molecule has 0 aliphatic carbocycles. The smallest absolute Gasteiger partial charge is 0.256 e. The Hall–Kier alpha value is -2.57. The molecule has 17 heavy (non-hydrogen) atoms. The van der Waals surface area contributed by atoms with Gasteiger partial charge in [-0.1, -0.05) is 5.16 Å². The fraction of sp³-hybridized carbons (Fsp3) is 0.100. The Morgan fingerprint density at radius 1 is 1.47 bits per heavy atom. The van der Waals surface area contributed by atoms with E-state index < -0.39 is 5.91 Å². The van der Waals surface area contributed by atoms with Crippen molar-refractivity contribution in [1.29, 1.82) is 0 Å². The van der Waals surface area contributed by atoms with E-state index in [1.54, 1.807) is 12.1 Å². The van der Waals surface area contributed by atoms with Crippen LogP contribution in [-0.2, 0) is 0 Å². The van der Waals surface area contributed by atoms with Gasteiger partial charge < -0.3 is 20.7 Å². The number of hydrogen-bond acceptors (Lipinski definition) is 6. The lowest BCUT2D eigenvalue weighted by molar-refractivity contribution is 0.100. The number of carbonyl (C=O) groups is 1. The number of nitrogen functional groups attached to an aromatic ring is 1. The Bertz CT molecular complexity index is 547. The van der Waals surface area contributed by atoms with Crippen molar-refractivity contribution in [3.8, 4) is 17.1 Å². The van der Waals surface area contributed by atoms with Crippen molar-refractivity contribution in [3.05, 3.63) is 23.9 Å². The topological polar surface area (TPSA) is 117 Å². The van der Waals surface area contributed by atoms with E-state index in [0.29, 0.717) is 11.4 Å². The highest BCUT2D eigenvalue weighted by atomic mass is 16.5. The van der Waals surface area contributed by atoms with E-state index in [-0.39, 0.29) is 17.1 Å². The largest absolute Gasteiger partial charge is 0.481 e. The number of hydrogen-bond donors (Lipinski definition) is 2. The van der Waals surface area contributed by atoms with Crippen LogP contribution in [0.25, 0.3) is 11.3 Å². The second kappa shape index (κ2) is 4.12. The summed E-state index contributed by atoms with van der Waals surface area (Å²) < 4.78 is 9.65. The lowest BCUT2D eigenvalue weighted by Crippen LogP contribution is -2.13. The molecule has 0 aliphatic heterocycles. The van der Waals surface area contributed by atoms with Gasteiger partial charge in [-0.15, -0.1) is 0 Å². The Morgan fingerprint density at radius 2 is 2.24 bits per heavy atom. The van der Waals surface area contributed by atoms with Crippen LogP contribution < -0.4 is 16.2 Å². The molecule has 2 aromatic heterocycles. The molecule has 0 atom stereocenters. The van der Waals surface area contributed by atoms with Crippen molar-refractivity contribution in [3.63, 3.8) is 0 Å². The van der Waals surface area contributed by atoms with Crippen molar-refractivity contribution in [2.75, 3.05) is 12.8 Å². The second-order valence-electron chi connectivity index (χ2n) is 3.22. The van der Waals surface area contributed by atoms with E-state index in [4.69, 9.17) is 20.7 Å². The van der Waals surface area contributed by atoms with E-state index in [9.17, 15) is 4.79 Å². The number of carbonyl (C=O) groups excluding carboxylic acids is 1. The highest BCUT2D eigenvalue weighted by Gasteiger charge is 2.20. The third-order valence-corrected chi connectivity index (χ3v) is 2.18. The van der Waals surface area contributed by atoms with Crippen LogP contribution in [0.4, 0.5) is 5.88 Å². The fourth-order valence-electron chi connectivity index (χ4n) is 1.38. The fourth-order valence-corrected chi connectivity index (χ4v) is 1.38. The summed E-state index contributed by atoms with van der Waals surface area (Å²) >= 11 is 0. The average molecular weight is 234 g/mol. The first kappa shape index (κ1) is 10.9. The molecule has 4 N–H and O–H groups in total. The van der Waals surface area contributed by atoms with Gasteiger partial charge in [0.25, 0.3) is 5.91 Å². The number of aromatic nitrogens is 2. The van der Waals surface area contributed by atoms with E-state index >= 15 is 0 Å². The first-order valence-corrected chi connectivity index (χ1v) is 4.69. The van der Waals surface area contributed by atoms with Crippen LogP contribution in [0.3, 0.4) is 0 Å². The highest BCUT2D eigenvalue weighted by Crippen LogP contribution is 2.26. The summed E-state index contributed by atoms with van der Waals surface area (Å²) in [4.78, 5) is 15.2. The van der Waals surface area contributed by atoms with Crippen LogP contribution in [0.15, 0.2) is 22.9 Å². The first-order chi connectivity index (χ1) is 8.13. The van der Waals surface area contributed by atoms with Gasteiger partial charge in [-0.2, -0.15) is 0 Å². The number of anilines is 1. The lowest BCUT2D eigenvalue weighted by Gasteiger charge is -2.00. The summed E-state index contributed by atoms with van der Waals surface area (Å²) in [6.07, 6.45) is 1.49. The highest BCUT2D eigenvalue weighted by molar-refractivity contribution is 6.02. The zero-order valence-corrected chi connectivity index (χ0v) is 9.01. The van der Waals surface area contributed by atoms with Gasteiger partial charge in [0.2, 0.25) is 11.8 Å². The van der Waals surface area contributed by atoms with Gasteiger partial charge in [0.15, 0.2) is 0 Å². The van der Waals surface area contributed by atoms with Gasteiger partial charge in [-0.3, -0.25) is 4.79 Å². The first-order valence-electron chi connectivity index (χ1n) is 4.69. The Kier molecular flexibility index (Phi) is 2.65. The third-order valence-electron chi connectivity index (χ3n) is 2.18. The minimum atomic E-state index is -0.699. The molecule has 0 aromatic carbocycles. The molecule has 7 heteroatoms. The Labute approximate surface area is 96.4 Å². The number of pyridine rings is 1. The van der Waals surface area contributed by atoms with Crippen LogP contribution in [0.1, 0.15) is 10.4 Å². The van der Waals surface area contributed by atoms with Crippen LogP contribution in [0, 0.1) is 0 Å². The molecule has 7 nitrogen and oxygen atoms in total. The van der Waals surface area contributed by atoms with Gasteiger partial charge in [0.1, 0.15) is 11.3 Å². The molecule has 0 unspecified atom stereocenters. The van der Waals surface area contributed by atoms with Gasteiger partial charge >= 0.3 is 0 Å². The summed E-state index contributed by atoms with van der Waals surface area (Å²) in [5, 5.41) is 3.68. The van der Waals surface area contributed by atoms with E-state index in [1.165, 1.54) is 13.3 Å². The normalized spacial score (nSPS) is 10.2. The Morgan fingerprint density at radius 3 is 2.76 bits per heavy atom. The molecule has 1 amide bonds. The summed E-state index contributed by atoms with van der Waals surface area (Å²) in [5.41, 5.74) is 11.5. The molecule has 0 saturated heterocycles. The number of primary amides is 1. The zero-order chi connectivity index (χ0) is 12.4. The maximum Gasteiger partial charge on any atom is 0.256 e. The lowest BCUT2D eigenvalue weighted by atomic mass is 10.1. The predicted octanol–water partition coefficient (Wildman–Crippen LogP) is 0.426. The van der Waals surface area contributed by atoms with E-state index in [1.807, 2.05) is 0 Å². The maximum absolute atomic E-state index is 11.2. The number of methoxy groups -OCH3 is 1. The molecule has 0 spiro atoms. The SMILES string of the molecule is COc1ccc(-c2noc(N)c2C(N)=O)cn1. The zero-order valence-electron chi connectivity index (χ0n) is 9.01. The molecule has 0 bridgehead atoms. The monoisotopic (exact) mass is 234 g/mol. The van der Waals surface area contributed by atoms with E-state index in [0.717, 1.165) is 0 Å². The van der Waals surface area contributed by atoms with Gasteiger partial charge in [0, 0.05) is 17.8 Å². The minimum Gasteiger partial charge on any atom is -0.481 e. The van der Waals surface area contributed by atoms with Crippen LogP contribution in [0.5, 0.6) is 5.88 Å². The van der Waals surface area contributed by atoms with E-state index in [2.05, 4.69) is 10.1 Å². The second-order valence-corrected chi connectivity index (χ2v) is 3.22. The van der Waals surface area contributed by atoms with Crippen LogP contribution >= 0.6 is 0 Å². The van der Waals surface area contributed by atoms with Crippen LogP contribution in [-0.4, -0.2) is 23.2 Å². The van der Waals surface area contributed by atoms with Gasteiger partial charge in [-0.05, 0) is 6.07 Å². The van der Waals surface area contributed by atoms with Crippen molar-refractivity contribution in [2.24, 2.45) is 5.73 Å². The molecular formula is C10H10N4O3. The van der Waals surface area contributed by atoms with Gasteiger partial charge in [-0.25, -0.2) is 4.98 Å². The number of amides is 1.